The Labute approximate surface area is 188 Å². The van der Waals surface area contributed by atoms with Crippen LogP contribution in [0.15, 0.2) is 42.7 Å². The summed E-state index contributed by atoms with van der Waals surface area (Å²) in [4.78, 5) is 30.9. The fraction of sp³-hybridized carbons (Fsp3) is 0.190. The van der Waals surface area contributed by atoms with Crippen molar-refractivity contribution in [3.63, 3.8) is 0 Å². The Morgan fingerprint density at radius 3 is 2.56 bits per heavy atom. The van der Waals surface area contributed by atoms with Crippen molar-refractivity contribution in [3.05, 3.63) is 74.6 Å². The van der Waals surface area contributed by atoms with Gasteiger partial charge in [-0.3, -0.25) is 10.1 Å². The van der Waals surface area contributed by atoms with Crippen LogP contribution in [0.4, 0.5) is 17.3 Å². The molecule has 1 heterocycles. The third-order valence-corrected chi connectivity index (χ3v) is 4.89. The highest BCUT2D eigenvalue weighted by molar-refractivity contribution is 6.33. The zero-order valence-electron chi connectivity index (χ0n) is 17.4. The van der Waals surface area contributed by atoms with Crippen molar-refractivity contribution in [3.8, 4) is 11.5 Å². The van der Waals surface area contributed by atoms with Crippen molar-refractivity contribution in [2.24, 2.45) is 0 Å². The van der Waals surface area contributed by atoms with Gasteiger partial charge in [0.25, 0.3) is 5.69 Å². The summed E-state index contributed by atoms with van der Waals surface area (Å²) >= 11 is 6.31. The lowest BCUT2D eigenvalue weighted by Gasteiger charge is -2.13. The van der Waals surface area contributed by atoms with Gasteiger partial charge in [0.05, 0.1) is 42.1 Å². The summed E-state index contributed by atoms with van der Waals surface area (Å²) in [6.45, 7) is 1.76. The van der Waals surface area contributed by atoms with Gasteiger partial charge in [0, 0.05) is 11.6 Å². The first kappa shape index (κ1) is 22.8. The number of aryl methyl sites for hydroxylation is 1. The van der Waals surface area contributed by atoms with E-state index in [1.165, 1.54) is 38.7 Å². The van der Waals surface area contributed by atoms with E-state index in [9.17, 15) is 14.9 Å². The number of hydrogen-bond donors (Lipinski definition) is 1. The lowest BCUT2D eigenvalue weighted by Crippen LogP contribution is -2.06. The molecule has 0 atom stereocenters. The maximum absolute atomic E-state index is 11.9. The summed E-state index contributed by atoms with van der Waals surface area (Å²) < 4.78 is 15.6. The molecule has 10 nitrogen and oxygen atoms in total. The van der Waals surface area contributed by atoms with E-state index in [4.69, 9.17) is 25.8 Å². The van der Waals surface area contributed by atoms with E-state index in [2.05, 4.69) is 15.3 Å². The first-order chi connectivity index (χ1) is 15.3. The fourth-order valence-electron chi connectivity index (χ4n) is 2.84. The van der Waals surface area contributed by atoms with Crippen LogP contribution >= 0.6 is 11.6 Å². The third kappa shape index (κ3) is 5.03. The molecular weight excluding hydrogens is 440 g/mol. The number of nitrogens with one attached hydrogen (secondary N) is 1. The molecule has 3 rings (SSSR count). The highest BCUT2D eigenvalue weighted by Crippen LogP contribution is 2.32. The summed E-state index contributed by atoms with van der Waals surface area (Å²) in [5.74, 6) is 0.268. The molecule has 1 N–H and O–H groups in total. The Kier molecular flexibility index (Phi) is 7.06. The minimum Gasteiger partial charge on any atom is -0.495 e. The number of nitro groups is 1. The number of methoxy groups -OCH3 is 2. The summed E-state index contributed by atoms with van der Waals surface area (Å²) in [5.41, 5.74) is 1.68. The fourth-order valence-corrected chi connectivity index (χ4v) is 3.08. The highest BCUT2D eigenvalue weighted by atomic mass is 35.5. The Morgan fingerprint density at radius 1 is 1.22 bits per heavy atom. The van der Waals surface area contributed by atoms with Crippen molar-refractivity contribution < 1.29 is 23.9 Å². The van der Waals surface area contributed by atoms with Crippen LogP contribution in [0.2, 0.25) is 5.02 Å². The van der Waals surface area contributed by atoms with Gasteiger partial charge in [0.2, 0.25) is 5.95 Å². The number of carbonyl (C=O) groups is 1. The number of carbonyl (C=O) groups excluding carboxylic acids is 1. The van der Waals surface area contributed by atoms with Gasteiger partial charge >= 0.3 is 5.97 Å². The first-order valence-corrected chi connectivity index (χ1v) is 9.62. The van der Waals surface area contributed by atoms with Gasteiger partial charge < -0.3 is 19.5 Å². The Morgan fingerprint density at radius 2 is 1.94 bits per heavy atom. The second-order valence-electron chi connectivity index (χ2n) is 6.53. The van der Waals surface area contributed by atoms with E-state index in [0.717, 1.165) is 0 Å². The van der Waals surface area contributed by atoms with Crippen LogP contribution in [0.1, 0.15) is 21.5 Å². The molecule has 1 aromatic heterocycles. The molecule has 166 valence electrons. The van der Waals surface area contributed by atoms with Crippen LogP contribution < -0.4 is 14.8 Å². The van der Waals surface area contributed by atoms with Crippen LogP contribution in [0.25, 0.3) is 0 Å². The quantitative estimate of drug-likeness (QED) is 0.295. The van der Waals surface area contributed by atoms with Crippen LogP contribution in [-0.4, -0.2) is 35.1 Å². The molecule has 0 unspecified atom stereocenters. The van der Waals surface area contributed by atoms with E-state index in [-0.39, 0.29) is 23.8 Å². The molecule has 0 saturated heterocycles. The number of hydrogen-bond acceptors (Lipinski definition) is 9. The average molecular weight is 459 g/mol. The van der Waals surface area contributed by atoms with Crippen LogP contribution in [-0.2, 0) is 11.3 Å². The minimum atomic E-state index is -0.537. The maximum atomic E-state index is 11.9. The topological polar surface area (TPSA) is 126 Å². The van der Waals surface area contributed by atoms with Crippen LogP contribution in [0.3, 0.4) is 0 Å². The van der Waals surface area contributed by atoms with E-state index in [0.29, 0.717) is 33.3 Å². The summed E-state index contributed by atoms with van der Waals surface area (Å²) in [6, 6.07) is 7.77. The van der Waals surface area contributed by atoms with Crippen molar-refractivity contribution >= 4 is 34.9 Å². The lowest BCUT2D eigenvalue weighted by atomic mass is 10.1. The molecule has 0 bridgehead atoms. The van der Waals surface area contributed by atoms with Gasteiger partial charge in [-0.05, 0) is 24.6 Å². The molecule has 0 radical (unpaired) electrons. The number of rotatable bonds is 8. The number of esters is 1. The van der Waals surface area contributed by atoms with Gasteiger partial charge in [0.1, 0.15) is 18.0 Å². The van der Waals surface area contributed by atoms with E-state index >= 15 is 0 Å². The van der Waals surface area contributed by atoms with Crippen molar-refractivity contribution in [1.82, 2.24) is 9.97 Å². The molecule has 2 aromatic carbocycles. The maximum Gasteiger partial charge on any atom is 0.337 e. The standard InChI is InChI=1S/C21H19ClN4O6/c1-12-5-4-6-16(26(28)29)19(12)25-21-23-9-15(10-24-21)32-11-14-7-13(20(27)31-3)8-17(30-2)18(14)22/h4-10H,11H2,1-3H3,(H,23,24,25). The van der Waals surface area contributed by atoms with E-state index in [1.54, 1.807) is 25.1 Å². The summed E-state index contributed by atoms with van der Waals surface area (Å²) in [7, 11) is 2.71. The Bertz CT molecular complexity index is 1150. The summed E-state index contributed by atoms with van der Waals surface area (Å²) in [6.07, 6.45) is 2.82. The zero-order valence-corrected chi connectivity index (χ0v) is 18.2. The first-order valence-electron chi connectivity index (χ1n) is 9.24. The molecule has 0 spiro atoms. The normalized spacial score (nSPS) is 10.4. The average Bonchev–Trinajstić information content (AvgIpc) is 2.79. The van der Waals surface area contributed by atoms with Gasteiger partial charge in [0.15, 0.2) is 5.75 Å². The van der Waals surface area contributed by atoms with Crippen molar-refractivity contribution in [1.29, 1.82) is 0 Å². The predicted molar refractivity (Wildman–Crippen MR) is 117 cm³/mol. The SMILES string of the molecule is COC(=O)c1cc(COc2cnc(Nc3c(C)cccc3[N+](=O)[O-])nc2)c(Cl)c(OC)c1. The molecule has 3 aromatic rings. The van der Waals surface area contributed by atoms with Crippen LogP contribution in [0, 0.1) is 17.0 Å². The van der Waals surface area contributed by atoms with Crippen LogP contribution in [0.5, 0.6) is 11.5 Å². The number of nitrogens with zero attached hydrogens (tertiary/aromatic N) is 3. The number of nitro benzene ring substituents is 1. The molecule has 0 amide bonds. The van der Waals surface area contributed by atoms with Gasteiger partial charge in [-0.25, -0.2) is 14.8 Å². The van der Waals surface area contributed by atoms with Gasteiger partial charge in [-0.1, -0.05) is 23.7 Å². The minimum absolute atomic E-state index is 0.0133. The monoisotopic (exact) mass is 458 g/mol. The highest BCUT2D eigenvalue weighted by Gasteiger charge is 2.17. The van der Waals surface area contributed by atoms with E-state index < -0.39 is 10.9 Å². The number of ether oxygens (including phenoxy) is 3. The number of aromatic nitrogens is 2. The number of halogens is 1. The lowest BCUT2D eigenvalue weighted by molar-refractivity contribution is -0.384. The molecule has 0 aliphatic heterocycles. The summed E-state index contributed by atoms with van der Waals surface area (Å²) in [5, 5.41) is 14.4. The predicted octanol–water partition coefficient (Wildman–Crippen LogP) is 4.46. The van der Waals surface area contributed by atoms with Gasteiger partial charge in [-0.15, -0.1) is 0 Å². The van der Waals surface area contributed by atoms with E-state index in [1.807, 2.05) is 0 Å². The zero-order chi connectivity index (χ0) is 23.3. The molecule has 0 aliphatic carbocycles. The molecule has 11 heteroatoms. The second kappa shape index (κ2) is 9.92. The van der Waals surface area contributed by atoms with Crippen molar-refractivity contribution in [2.75, 3.05) is 19.5 Å². The Hall–Kier alpha value is -3.92. The number of anilines is 2. The molecular formula is C21H19ClN4O6. The molecule has 32 heavy (non-hydrogen) atoms. The number of benzene rings is 2. The van der Waals surface area contributed by atoms with Crippen molar-refractivity contribution in [2.45, 2.75) is 13.5 Å². The third-order valence-electron chi connectivity index (χ3n) is 4.46. The molecule has 0 fully saturated rings. The van der Waals surface area contributed by atoms with Gasteiger partial charge in [-0.2, -0.15) is 0 Å². The largest absolute Gasteiger partial charge is 0.495 e. The molecule has 0 saturated carbocycles. The smallest absolute Gasteiger partial charge is 0.337 e. The number of para-hydroxylation sites is 1. The molecule has 0 aliphatic rings. The Balaban J connectivity index is 1.75. The second-order valence-corrected chi connectivity index (χ2v) is 6.90.